The number of rotatable bonds is 6. The summed E-state index contributed by atoms with van der Waals surface area (Å²) in [4.78, 5) is 4.70. The number of fused-ring (bicyclic) bond motifs is 1. The lowest BCUT2D eigenvalue weighted by Crippen LogP contribution is -2.00. The Balaban J connectivity index is 1.72. The van der Waals surface area contributed by atoms with Crippen molar-refractivity contribution in [3.8, 4) is 34.1 Å². The third kappa shape index (κ3) is 3.47. The average molecular weight is 392 g/mol. The molecular formula is C21H20N4O4. The topological polar surface area (TPSA) is 90.1 Å². The first-order valence-electron chi connectivity index (χ1n) is 8.83. The predicted octanol–water partition coefficient (Wildman–Crippen LogP) is 3.87. The van der Waals surface area contributed by atoms with Crippen molar-refractivity contribution in [2.75, 3.05) is 26.6 Å². The molecule has 0 atom stereocenters. The van der Waals surface area contributed by atoms with E-state index in [4.69, 9.17) is 19.2 Å². The number of nitrogens with zero attached hydrogens (tertiary/aromatic N) is 3. The van der Waals surface area contributed by atoms with Gasteiger partial charge in [0.15, 0.2) is 17.1 Å². The Labute approximate surface area is 167 Å². The van der Waals surface area contributed by atoms with Gasteiger partial charge in [0, 0.05) is 29.6 Å². The number of phenols is 1. The van der Waals surface area contributed by atoms with Gasteiger partial charge in [-0.05, 0) is 23.8 Å². The summed E-state index contributed by atoms with van der Waals surface area (Å²) in [6.45, 7) is 0. The lowest BCUT2D eigenvalue weighted by atomic mass is 10.1. The van der Waals surface area contributed by atoms with Gasteiger partial charge < -0.3 is 24.6 Å². The Kier molecular flexibility index (Phi) is 4.82. The molecule has 148 valence electrons. The zero-order valence-corrected chi connectivity index (χ0v) is 16.2. The maximum atomic E-state index is 9.52. The molecule has 2 N–H and O–H groups in total. The first kappa shape index (κ1) is 18.4. The fourth-order valence-electron chi connectivity index (χ4n) is 3.08. The minimum Gasteiger partial charge on any atom is -0.508 e. The van der Waals surface area contributed by atoms with Gasteiger partial charge in [0.2, 0.25) is 5.75 Å². The number of benzene rings is 2. The summed E-state index contributed by atoms with van der Waals surface area (Å²) >= 11 is 0. The lowest BCUT2D eigenvalue weighted by Gasteiger charge is -2.15. The largest absolute Gasteiger partial charge is 0.508 e. The van der Waals surface area contributed by atoms with Gasteiger partial charge in [0.25, 0.3) is 0 Å². The first-order valence-corrected chi connectivity index (χ1v) is 8.83. The minimum atomic E-state index is 0.211. The van der Waals surface area contributed by atoms with E-state index in [2.05, 4.69) is 10.4 Å². The number of aromatic nitrogens is 3. The maximum absolute atomic E-state index is 9.52. The van der Waals surface area contributed by atoms with Gasteiger partial charge in [-0.3, -0.25) is 0 Å². The highest BCUT2D eigenvalue weighted by molar-refractivity contribution is 5.78. The van der Waals surface area contributed by atoms with Crippen molar-refractivity contribution in [2.24, 2.45) is 0 Å². The van der Waals surface area contributed by atoms with E-state index in [1.807, 2.05) is 36.5 Å². The number of nitrogens with one attached hydrogen (secondary N) is 1. The molecule has 0 fully saturated rings. The fraction of sp³-hybridized carbons (Fsp3) is 0.143. The van der Waals surface area contributed by atoms with Gasteiger partial charge in [-0.15, -0.1) is 0 Å². The van der Waals surface area contributed by atoms with Gasteiger partial charge in [-0.2, -0.15) is 5.10 Å². The molecule has 8 nitrogen and oxygen atoms in total. The molecular weight excluding hydrogens is 372 g/mol. The average Bonchev–Trinajstić information content (AvgIpc) is 3.16. The molecule has 4 rings (SSSR count). The number of methoxy groups -OCH3 is 3. The van der Waals surface area contributed by atoms with Crippen LogP contribution in [-0.2, 0) is 0 Å². The number of hydrogen-bond donors (Lipinski definition) is 2. The lowest BCUT2D eigenvalue weighted by molar-refractivity contribution is 0.324. The molecule has 8 heteroatoms. The van der Waals surface area contributed by atoms with Gasteiger partial charge in [-0.25, -0.2) is 9.50 Å². The predicted molar refractivity (Wildman–Crippen MR) is 109 cm³/mol. The summed E-state index contributed by atoms with van der Waals surface area (Å²) in [6, 6.07) is 12.4. The molecule has 2 aromatic carbocycles. The zero-order chi connectivity index (χ0) is 20.4. The molecule has 2 aromatic heterocycles. The van der Waals surface area contributed by atoms with E-state index in [9.17, 15) is 5.11 Å². The molecule has 0 aliphatic carbocycles. The number of hydrogen-bond acceptors (Lipinski definition) is 7. The van der Waals surface area contributed by atoms with E-state index in [-0.39, 0.29) is 5.75 Å². The molecule has 0 unspecified atom stereocenters. The molecule has 0 aliphatic heterocycles. The van der Waals surface area contributed by atoms with Crippen LogP contribution in [0.4, 0.5) is 11.5 Å². The standard InChI is InChI=1S/C21H20N4O4/c1-27-17-10-14(11-18(28-2)20(17)29-3)23-19-8-9-25-21(24-19)16(12-22-25)13-4-6-15(26)7-5-13/h4-12,26H,1-3H3,(H,23,24). The van der Waals surface area contributed by atoms with Crippen LogP contribution in [0.25, 0.3) is 16.8 Å². The van der Waals surface area contributed by atoms with Crippen molar-refractivity contribution in [2.45, 2.75) is 0 Å². The molecule has 4 aromatic rings. The minimum absolute atomic E-state index is 0.211. The van der Waals surface area contributed by atoms with Crippen molar-refractivity contribution in [3.05, 3.63) is 54.9 Å². The summed E-state index contributed by atoms with van der Waals surface area (Å²) in [7, 11) is 4.70. The summed E-state index contributed by atoms with van der Waals surface area (Å²) in [5.74, 6) is 2.46. The summed E-state index contributed by atoms with van der Waals surface area (Å²) in [5, 5.41) is 17.1. The van der Waals surface area contributed by atoms with Crippen molar-refractivity contribution < 1.29 is 19.3 Å². The molecule has 0 amide bonds. The molecule has 0 saturated heterocycles. The Hall–Kier alpha value is -3.94. The molecule has 0 radical (unpaired) electrons. The van der Waals surface area contributed by atoms with Crippen LogP contribution in [0.3, 0.4) is 0 Å². The van der Waals surface area contributed by atoms with Crippen LogP contribution >= 0.6 is 0 Å². The Morgan fingerprint density at radius 1 is 0.931 bits per heavy atom. The molecule has 0 saturated carbocycles. The van der Waals surface area contributed by atoms with Crippen LogP contribution in [-0.4, -0.2) is 41.0 Å². The molecule has 29 heavy (non-hydrogen) atoms. The number of anilines is 2. The SMILES string of the molecule is COc1cc(Nc2ccn3ncc(-c4ccc(O)cc4)c3n2)cc(OC)c1OC. The number of phenolic OH excluding ortho intramolecular Hbond substituents is 1. The van der Waals surface area contributed by atoms with Gasteiger partial charge in [0.05, 0.1) is 27.5 Å². The van der Waals surface area contributed by atoms with Crippen LogP contribution in [0.5, 0.6) is 23.0 Å². The van der Waals surface area contributed by atoms with E-state index < -0.39 is 0 Å². The Morgan fingerprint density at radius 2 is 1.62 bits per heavy atom. The normalized spacial score (nSPS) is 10.7. The second-order valence-electron chi connectivity index (χ2n) is 6.23. The summed E-state index contributed by atoms with van der Waals surface area (Å²) in [5.41, 5.74) is 3.20. The van der Waals surface area contributed by atoms with Crippen LogP contribution in [0.1, 0.15) is 0 Å². The highest BCUT2D eigenvalue weighted by atomic mass is 16.5. The summed E-state index contributed by atoms with van der Waals surface area (Å²) < 4.78 is 17.9. The fourth-order valence-corrected chi connectivity index (χ4v) is 3.08. The second-order valence-corrected chi connectivity index (χ2v) is 6.23. The van der Waals surface area contributed by atoms with Crippen molar-refractivity contribution in [1.82, 2.24) is 14.6 Å². The number of ether oxygens (including phenoxy) is 3. The molecule has 0 bridgehead atoms. The quantitative estimate of drug-likeness (QED) is 0.515. The van der Waals surface area contributed by atoms with Gasteiger partial charge >= 0.3 is 0 Å². The third-order valence-corrected chi connectivity index (χ3v) is 4.48. The monoisotopic (exact) mass is 392 g/mol. The second kappa shape index (κ2) is 7.59. The highest BCUT2D eigenvalue weighted by Crippen LogP contribution is 2.40. The highest BCUT2D eigenvalue weighted by Gasteiger charge is 2.14. The van der Waals surface area contributed by atoms with Crippen LogP contribution in [0, 0.1) is 0 Å². The maximum Gasteiger partial charge on any atom is 0.203 e. The Morgan fingerprint density at radius 3 is 2.24 bits per heavy atom. The van der Waals surface area contributed by atoms with Crippen LogP contribution in [0.15, 0.2) is 54.9 Å². The first-order chi connectivity index (χ1) is 14.1. The molecule has 0 spiro atoms. The van der Waals surface area contributed by atoms with E-state index >= 15 is 0 Å². The van der Waals surface area contributed by atoms with Gasteiger partial charge in [0.1, 0.15) is 11.6 Å². The van der Waals surface area contributed by atoms with E-state index in [0.717, 1.165) is 16.8 Å². The van der Waals surface area contributed by atoms with Gasteiger partial charge in [-0.1, -0.05) is 12.1 Å². The third-order valence-electron chi connectivity index (χ3n) is 4.48. The Bertz CT molecular complexity index is 1130. The smallest absolute Gasteiger partial charge is 0.203 e. The van der Waals surface area contributed by atoms with Crippen molar-refractivity contribution >= 4 is 17.2 Å². The zero-order valence-electron chi connectivity index (χ0n) is 16.2. The summed E-state index contributed by atoms with van der Waals surface area (Å²) in [6.07, 6.45) is 3.57. The van der Waals surface area contributed by atoms with E-state index in [0.29, 0.717) is 28.7 Å². The van der Waals surface area contributed by atoms with Crippen LogP contribution in [0.2, 0.25) is 0 Å². The number of aromatic hydroxyl groups is 1. The van der Waals surface area contributed by atoms with Crippen molar-refractivity contribution in [3.63, 3.8) is 0 Å². The molecule has 2 heterocycles. The van der Waals surface area contributed by atoms with E-state index in [1.165, 1.54) is 0 Å². The van der Waals surface area contributed by atoms with Crippen LogP contribution < -0.4 is 19.5 Å². The molecule has 0 aliphatic rings. The van der Waals surface area contributed by atoms with E-state index in [1.54, 1.807) is 44.2 Å². The van der Waals surface area contributed by atoms with Crippen molar-refractivity contribution in [1.29, 1.82) is 0 Å².